The summed E-state index contributed by atoms with van der Waals surface area (Å²) in [6.45, 7) is 5.52. The second kappa shape index (κ2) is 6.22. The molecule has 3 rings (SSSR count). The predicted molar refractivity (Wildman–Crippen MR) is 77.7 cm³/mol. The molecule has 1 aliphatic rings. The molecule has 3 heterocycles. The average molecular weight is 288 g/mol. The quantitative estimate of drug-likeness (QED) is 0.852. The van der Waals surface area contributed by atoms with Crippen LogP contribution in [-0.4, -0.2) is 32.8 Å². The Morgan fingerprint density at radius 3 is 2.86 bits per heavy atom. The first-order valence-corrected chi connectivity index (χ1v) is 7.35. The summed E-state index contributed by atoms with van der Waals surface area (Å²) in [6.07, 6.45) is 5.33. The lowest BCUT2D eigenvalue weighted by Crippen LogP contribution is -2.36. The Labute approximate surface area is 123 Å². The third kappa shape index (κ3) is 3.58. The molecule has 6 heteroatoms. The first-order chi connectivity index (χ1) is 10.2. The summed E-state index contributed by atoms with van der Waals surface area (Å²) in [7, 11) is 0. The number of oxazole rings is 1. The van der Waals surface area contributed by atoms with Crippen LogP contribution in [0.1, 0.15) is 24.2 Å². The van der Waals surface area contributed by atoms with Crippen LogP contribution < -0.4 is 5.56 Å². The zero-order chi connectivity index (χ0) is 14.7. The van der Waals surface area contributed by atoms with Crippen molar-refractivity contribution in [3.63, 3.8) is 0 Å². The van der Waals surface area contributed by atoms with Crippen molar-refractivity contribution in [3.05, 3.63) is 46.5 Å². The lowest BCUT2D eigenvalue weighted by Gasteiger charge is -2.31. The molecule has 0 saturated carbocycles. The number of hydrogen-bond acceptors (Lipinski definition) is 5. The maximum absolute atomic E-state index is 11.8. The second-order valence-corrected chi connectivity index (χ2v) is 5.69. The van der Waals surface area contributed by atoms with Gasteiger partial charge in [-0.05, 0) is 44.8 Å². The Morgan fingerprint density at radius 1 is 1.33 bits per heavy atom. The topological polar surface area (TPSA) is 64.2 Å². The molecule has 0 N–H and O–H groups in total. The van der Waals surface area contributed by atoms with Crippen molar-refractivity contribution >= 4 is 0 Å². The van der Waals surface area contributed by atoms with Crippen LogP contribution in [0.2, 0.25) is 0 Å². The van der Waals surface area contributed by atoms with Gasteiger partial charge in [0, 0.05) is 19.2 Å². The van der Waals surface area contributed by atoms with Gasteiger partial charge >= 0.3 is 0 Å². The van der Waals surface area contributed by atoms with Gasteiger partial charge in [-0.2, -0.15) is 5.10 Å². The molecule has 1 fully saturated rings. The van der Waals surface area contributed by atoms with E-state index in [2.05, 4.69) is 15.0 Å². The van der Waals surface area contributed by atoms with Crippen molar-refractivity contribution in [2.75, 3.05) is 13.1 Å². The van der Waals surface area contributed by atoms with E-state index in [1.807, 2.05) is 6.92 Å². The van der Waals surface area contributed by atoms with Crippen molar-refractivity contribution in [1.82, 2.24) is 19.7 Å². The normalized spacial score (nSPS) is 17.2. The zero-order valence-corrected chi connectivity index (χ0v) is 12.2. The van der Waals surface area contributed by atoms with E-state index in [9.17, 15) is 4.79 Å². The Bertz CT molecular complexity index is 627. The van der Waals surface area contributed by atoms with Crippen LogP contribution in [0.15, 0.2) is 34.0 Å². The van der Waals surface area contributed by atoms with Crippen molar-refractivity contribution in [2.24, 2.45) is 5.92 Å². The minimum atomic E-state index is -0.00868. The van der Waals surface area contributed by atoms with Gasteiger partial charge < -0.3 is 4.42 Å². The van der Waals surface area contributed by atoms with E-state index in [1.165, 1.54) is 6.39 Å². The minimum Gasteiger partial charge on any atom is -0.451 e. The number of nitrogens with zero attached hydrogens (tertiary/aromatic N) is 4. The van der Waals surface area contributed by atoms with Crippen LogP contribution in [0.4, 0.5) is 0 Å². The van der Waals surface area contributed by atoms with E-state index in [0.29, 0.717) is 5.92 Å². The van der Waals surface area contributed by atoms with Gasteiger partial charge in [0.05, 0.1) is 11.4 Å². The maximum atomic E-state index is 11.8. The standard InChI is InChI=1S/C15H20N4O2/c1-12-2-3-15(20)19(17-12)8-13-4-6-18(7-5-13)9-14-10-21-11-16-14/h2-3,10-11,13H,4-9H2,1H3. The second-order valence-electron chi connectivity index (χ2n) is 5.69. The summed E-state index contributed by atoms with van der Waals surface area (Å²) in [4.78, 5) is 18.3. The molecule has 0 spiro atoms. The lowest BCUT2D eigenvalue weighted by atomic mass is 9.97. The summed E-state index contributed by atoms with van der Waals surface area (Å²) in [5.41, 5.74) is 1.86. The van der Waals surface area contributed by atoms with Crippen molar-refractivity contribution < 1.29 is 4.42 Å². The fraction of sp³-hybridized carbons (Fsp3) is 0.533. The Morgan fingerprint density at radius 2 is 2.14 bits per heavy atom. The van der Waals surface area contributed by atoms with Gasteiger partial charge in [0.15, 0.2) is 6.39 Å². The van der Waals surface area contributed by atoms with Crippen LogP contribution >= 0.6 is 0 Å². The smallest absolute Gasteiger partial charge is 0.266 e. The van der Waals surface area contributed by atoms with E-state index in [-0.39, 0.29) is 5.56 Å². The molecule has 0 atom stereocenters. The van der Waals surface area contributed by atoms with Gasteiger partial charge in [0.2, 0.25) is 0 Å². The number of likely N-dealkylation sites (tertiary alicyclic amines) is 1. The van der Waals surface area contributed by atoms with E-state index >= 15 is 0 Å². The van der Waals surface area contributed by atoms with Crippen LogP contribution in [0.5, 0.6) is 0 Å². The molecule has 21 heavy (non-hydrogen) atoms. The third-order valence-electron chi connectivity index (χ3n) is 4.01. The number of rotatable bonds is 4. The highest BCUT2D eigenvalue weighted by molar-refractivity contribution is 4.97. The van der Waals surface area contributed by atoms with Gasteiger partial charge in [-0.1, -0.05) is 0 Å². The fourth-order valence-corrected chi connectivity index (χ4v) is 2.80. The zero-order valence-electron chi connectivity index (χ0n) is 12.2. The van der Waals surface area contributed by atoms with Gasteiger partial charge in [-0.3, -0.25) is 9.69 Å². The van der Waals surface area contributed by atoms with Crippen LogP contribution in [-0.2, 0) is 13.1 Å². The molecule has 6 nitrogen and oxygen atoms in total. The van der Waals surface area contributed by atoms with Crippen molar-refractivity contribution in [1.29, 1.82) is 0 Å². The molecule has 0 radical (unpaired) electrons. The monoisotopic (exact) mass is 288 g/mol. The van der Waals surface area contributed by atoms with Crippen LogP contribution in [0, 0.1) is 12.8 Å². The first-order valence-electron chi connectivity index (χ1n) is 7.35. The van der Waals surface area contributed by atoms with Gasteiger partial charge in [-0.15, -0.1) is 0 Å². The largest absolute Gasteiger partial charge is 0.451 e. The molecule has 0 amide bonds. The molecule has 0 aromatic carbocycles. The summed E-state index contributed by atoms with van der Waals surface area (Å²) in [5.74, 6) is 0.519. The molecule has 1 aliphatic heterocycles. The Hall–Kier alpha value is -1.95. The van der Waals surface area contributed by atoms with Crippen molar-refractivity contribution in [2.45, 2.75) is 32.9 Å². The first kappa shape index (κ1) is 14.0. The number of aromatic nitrogens is 3. The van der Waals surface area contributed by atoms with Gasteiger partial charge in [-0.25, -0.2) is 9.67 Å². The highest BCUT2D eigenvalue weighted by Gasteiger charge is 2.20. The van der Waals surface area contributed by atoms with E-state index in [0.717, 1.165) is 50.4 Å². The minimum absolute atomic E-state index is 0.00868. The van der Waals surface area contributed by atoms with Crippen molar-refractivity contribution in [3.8, 4) is 0 Å². The average Bonchev–Trinajstić information content (AvgIpc) is 2.98. The molecule has 1 saturated heterocycles. The molecular weight excluding hydrogens is 268 g/mol. The molecular formula is C15H20N4O2. The fourth-order valence-electron chi connectivity index (χ4n) is 2.80. The lowest BCUT2D eigenvalue weighted by molar-refractivity contribution is 0.162. The molecule has 2 aromatic rings. The SMILES string of the molecule is Cc1ccc(=O)n(CC2CCN(Cc3cocn3)CC2)n1. The van der Waals surface area contributed by atoms with E-state index in [4.69, 9.17) is 4.42 Å². The Balaban J connectivity index is 1.54. The maximum Gasteiger partial charge on any atom is 0.266 e. The van der Waals surface area contributed by atoms with Gasteiger partial charge in [0.25, 0.3) is 5.56 Å². The number of piperidine rings is 1. The summed E-state index contributed by atoms with van der Waals surface area (Å²) < 4.78 is 6.60. The van der Waals surface area contributed by atoms with E-state index in [1.54, 1.807) is 23.1 Å². The Kier molecular flexibility index (Phi) is 4.15. The molecule has 0 bridgehead atoms. The molecule has 0 unspecified atom stereocenters. The van der Waals surface area contributed by atoms with Crippen LogP contribution in [0.25, 0.3) is 0 Å². The number of hydrogen-bond donors (Lipinski definition) is 0. The molecule has 2 aromatic heterocycles. The summed E-state index contributed by atoms with van der Waals surface area (Å²) >= 11 is 0. The van der Waals surface area contributed by atoms with Crippen LogP contribution in [0.3, 0.4) is 0 Å². The third-order valence-corrected chi connectivity index (χ3v) is 4.01. The highest BCUT2D eigenvalue weighted by Crippen LogP contribution is 2.19. The predicted octanol–water partition coefficient (Wildman–Crippen LogP) is 1.45. The van der Waals surface area contributed by atoms with E-state index < -0.39 is 0 Å². The molecule has 112 valence electrons. The molecule has 0 aliphatic carbocycles. The van der Waals surface area contributed by atoms with Gasteiger partial charge in [0.1, 0.15) is 6.26 Å². The summed E-state index contributed by atoms with van der Waals surface area (Å²) in [6, 6.07) is 3.36. The highest BCUT2D eigenvalue weighted by atomic mass is 16.3. The number of aryl methyl sites for hydroxylation is 1. The summed E-state index contributed by atoms with van der Waals surface area (Å²) in [5, 5.41) is 4.31.